The smallest absolute Gasteiger partial charge is 0.292 e. The van der Waals surface area contributed by atoms with Gasteiger partial charge in [0.25, 0.3) is 11.7 Å². The first-order chi connectivity index (χ1) is 13.1. The van der Waals surface area contributed by atoms with Crippen LogP contribution < -0.4 is 9.64 Å². The minimum absolute atomic E-state index is 0.149. The average Bonchev–Trinajstić information content (AvgIpc) is 2.91. The number of ether oxygens (including phenoxy) is 3. The van der Waals surface area contributed by atoms with Gasteiger partial charge in [-0.15, -0.1) is 0 Å². The maximum Gasteiger partial charge on any atom is 0.292 e. The molecule has 0 aromatic heterocycles. The Morgan fingerprint density at radius 3 is 2.70 bits per heavy atom. The van der Waals surface area contributed by atoms with Crippen LogP contribution in [0.25, 0.3) is 0 Å². The quantitative estimate of drug-likeness (QED) is 0.726. The number of fused-ring (bicyclic) bond motifs is 2. The van der Waals surface area contributed by atoms with Crippen molar-refractivity contribution >= 4 is 23.2 Å². The summed E-state index contributed by atoms with van der Waals surface area (Å²) in [6.45, 7) is 4.02. The fourth-order valence-corrected chi connectivity index (χ4v) is 3.86. The topological polar surface area (TPSA) is 48.0 Å². The van der Waals surface area contributed by atoms with Crippen LogP contribution in [0.5, 0.6) is 5.75 Å². The van der Waals surface area contributed by atoms with Crippen molar-refractivity contribution in [3.63, 3.8) is 0 Å². The minimum Gasteiger partial charge on any atom is -0.492 e. The van der Waals surface area contributed by atoms with E-state index in [9.17, 15) is 4.79 Å². The van der Waals surface area contributed by atoms with Crippen molar-refractivity contribution in [1.29, 1.82) is 0 Å². The van der Waals surface area contributed by atoms with E-state index in [4.69, 9.17) is 25.8 Å². The lowest BCUT2D eigenvalue weighted by atomic mass is 10.0. The Bertz CT molecular complexity index is 848. The molecule has 0 radical (unpaired) electrons. The molecule has 1 amide bonds. The van der Waals surface area contributed by atoms with Gasteiger partial charge >= 0.3 is 0 Å². The molecule has 4 rings (SSSR count). The summed E-state index contributed by atoms with van der Waals surface area (Å²) < 4.78 is 17.5. The first-order valence-electron chi connectivity index (χ1n) is 9.21. The SMILES string of the molecule is Cc1cccc2c1N(CCCOc1ccccc1Cl)C(=O)C21OCCCO1. The van der Waals surface area contributed by atoms with E-state index in [1.165, 1.54) is 0 Å². The lowest BCUT2D eigenvalue weighted by Gasteiger charge is -2.32. The molecule has 0 saturated carbocycles. The van der Waals surface area contributed by atoms with Crippen LogP contribution in [0.3, 0.4) is 0 Å². The Balaban J connectivity index is 1.50. The van der Waals surface area contributed by atoms with Crippen LogP contribution in [-0.2, 0) is 20.1 Å². The van der Waals surface area contributed by atoms with Crippen molar-refractivity contribution in [3.8, 4) is 5.75 Å². The summed E-state index contributed by atoms with van der Waals surface area (Å²) in [7, 11) is 0. The molecule has 27 heavy (non-hydrogen) atoms. The van der Waals surface area contributed by atoms with Crippen LogP contribution in [-0.4, -0.2) is 32.3 Å². The number of halogens is 1. The monoisotopic (exact) mass is 387 g/mol. The summed E-state index contributed by atoms with van der Waals surface area (Å²) in [5.74, 6) is -0.786. The van der Waals surface area contributed by atoms with Gasteiger partial charge in [-0.25, -0.2) is 0 Å². The van der Waals surface area contributed by atoms with Gasteiger partial charge in [0, 0.05) is 12.1 Å². The second kappa shape index (κ2) is 7.50. The number of para-hydroxylation sites is 2. The Kier molecular flexibility index (Phi) is 5.08. The predicted molar refractivity (Wildman–Crippen MR) is 103 cm³/mol. The van der Waals surface area contributed by atoms with Crippen molar-refractivity contribution in [2.24, 2.45) is 0 Å². The molecule has 2 heterocycles. The normalized spacial score (nSPS) is 18.0. The van der Waals surface area contributed by atoms with E-state index in [1.807, 2.05) is 43.3 Å². The first-order valence-corrected chi connectivity index (χ1v) is 9.58. The highest BCUT2D eigenvalue weighted by molar-refractivity contribution is 6.32. The molecule has 5 nitrogen and oxygen atoms in total. The van der Waals surface area contributed by atoms with Crippen LogP contribution in [0.4, 0.5) is 5.69 Å². The molecule has 0 N–H and O–H groups in total. The van der Waals surface area contributed by atoms with Gasteiger partial charge in [-0.05, 0) is 37.5 Å². The van der Waals surface area contributed by atoms with E-state index in [-0.39, 0.29) is 5.91 Å². The molecule has 1 saturated heterocycles. The number of hydrogen-bond donors (Lipinski definition) is 0. The zero-order valence-corrected chi connectivity index (χ0v) is 16.0. The Hall–Kier alpha value is -2.08. The van der Waals surface area contributed by atoms with E-state index < -0.39 is 5.79 Å². The number of nitrogens with zero attached hydrogens (tertiary/aromatic N) is 1. The highest BCUT2D eigenvalue weighted by Crippen LogP contribution is 2.46. The largest absolute Gasteiger partial charge is 0.492 e. The summed E-state index contributed by atoms with van der Waals surface area (Å²) >= 11 is 6.12. The third kappa shape index (κ3) is 3.20. The van der Waals surface area contributed by atoms with E-state index >= 15 is 0 Å². The van der Waals surface area contributed by atoms with Crippen LogP contribution in [0.2, 0.25) is 5.02 Å². The molecule has 0 atom stereocenters. The van der Waals surface area contributed by atoms with Gasteiger partial charge in [0.2, 0.25) is 0 Å². The van der Waals surface area contributed by atoms with Gasteiger partial charge in [-0.2, -0.15) is 0 Å². The number of benzene rings is 2. The van der Waals surface area contributed by atoms with Gasteiger partial charge in [0.1, 0.15) is 5.75 Å². The first kappa shape index (κ1) is 18.3. The number of anilines is 1. The summed E-state index contributed by atoms with van der Waals surface area (Å²) in [5.41, 5.74) is 2.73. The summed E-state index contributed by atoms with van der Waals surface area (Å²) in [6, 6.07) is 13.2. The van der Waals surface area contributed by atoms with Crippen molar-refractivity contribution in [1.82, 2.24) is 0 Å². The van der Waals surface area contributed by atoms with Crippen molar-refractivity contribution in [3.05, 3.63) is 58.6 Å². The molecule has 2 aromatic carbocycles. The average molecular weight is 388 g/mol. The molecule has 1 fully saturated rings. The van der Waals surface area contributed by atoms with E-state index in [0.717, 1.165) is 23.2 Å². The molecular weight excluding hydrogens is 366 g/mol. The number of hydrogen-bond acceptors (Lipinski definition) is 4. The summed E-state index contributed by atoms with van der Waals surface area (Å²) in [5, 5.41) is 0.582. The number of rotatable bonds is 5. The Morgan fingerprint density at radius 1 is 1.15 bits per heavy atom. The Labute approximate surface area is 163 Å². The fourth-order valence-electron chi connectivity index (χ4n) is 3.67. The molecule has 2 aliphatic heterocycles. The van der Waals surface area contributed by atoms with Gasteiger partial charge in [-0.1, -0.05) is 41.9 Å². The van der Waals surface area contributed by atoms with E-state index in [1.54, 1.807) is 11.0 Å². The molecule has 0 bridgehead atoms. The minimum atomic E-state index is -1.29. The lowest BCUT2D eigenvalue weighted by Crippen LogP contribution is -2.47. The van der Waals surface area contributed by atoms with Crippen molar-refractivity contribution < 1.29 is 19.0 Å². The molecule has 6 heteroatoms. The van der Waals surface area contributed by atoms with Crippen molar-refractivity contribution in [2.45, 2.75) is 25.6 Å². The van der Waals surface area contributed by atoms with Crippen LogP contribution in [0.1, 0.15) is 24.0 Å². The summed E-state index contributed by atoms with van der Waals surface area (Å²) in [4.78, 5) is 15.0. The standard InChI is InChI=1S/C21H22ClNO4/c1-15-7-4-8-16-19(15)23(20(24)21(16)26-13-6-14-27-21)11-5-12-25-18-10-3-2-9-17(18)22/h2-4,7-10H,5-6,11-14H2,1H3. The fraction of sp³-hybridized carbons (Fsp3) is 0.381. The third-order valence-electron chi connectivity index (χ3n) is 4.91. The second-order valence-corrected chi connectivity index (χ2v) is 7.13. The number of carbonyl (C=O) groups is 1. The molecule has 142 valence electrons. The maximum atomic E-state index is 13.2. The maximum absolute atomic E-state index is 13.2. The van der Waals surface area contributed by atoms with E-state index in [0.29, 0.717) is 43.6 Å². The Morgan fingerprint density at radius 2 is 1.93 bits per heavy atom. The molecule has 0 aliphatic carbocycles. The number of carbonyl (C=O) groups excluding carboxylic acids is 1. The highest BCUT2D eigenvalue weighted by atomic mass is 35.5. The van der Waals surface area contributed by atoms with E-state index in [2.05, 4.69) is 0 Å². The van der Waals surface area contributed by atoms with Gasteiger partial charge < -0.3 is 19.1 Å². The molecular formula is C21H22ClNO4. The zero-order chi connectivity index (χ0) is 18.9. The second-order valence-electron chi connectivity index (χ2n) is 6.73. The number of aryl methyl sites for hydroxylation is 1. The zero-order valence-electron chi connectivity index (χ0n) is 15.2. The van der Waals surface area contributed by atoms with Crippen LogP contribution in [0.15, 0.2) is 42.5 Å². The molecule has 1 spiro atoms. The third-order valence-corrected chi connectivity index (χ3v) is 5.22. The van der Waals surface area contributed by atoms with Crippen molar-refractivity contribution in [2.75, 3.05) is 31.3 Å². The molecule has 0 unspecified atom stereocenters. The summed E-state index contributed by atoms with van der Waals surface area (Å²) in [6.07, 6.45) is 1.46. The van der Waals surface area contributed by atoms with Gasteiger partial charge in [-0.3, -0.25) is 4.79 Å². The molecule has 2 aliphatic rings. The van der Waals surface area contributed by atoms with Crippen LogP contribution >= 0.6 is 11.6 Å². The van der Waals surface area contributed by atoms with Gasteiger partial charge in [0.05, 0.1) is 30.5 Å². The molecule has 2 aromatic rings. The lowest BCUT2D eigenvalue weighted by molar-refractivity contribution is -0.256. The predicted octanol–water partition coefficient (Wildman–Crippen LogP) is 4.05. The highest BCUT2D eigenvalue weighted by Gasteiger charge is 2.55. The number of amides is 1. The van der Waals surface area contributed by atoms with Crippen LogP contribution in [0, 0.1) is 6.92 Å². The van der Waals surface area contributed by atoms with Gasteiger partial charge in [0.15, 0.2) is 0 Å².